The number of nitrogens with one attached hydrogen (secondary N) is 2. The summed E-state index contributed by atoms with van der Waals surface area (Å²) < 4.78 is 2.33. The smallest absolute Gasteiger partial charge is 0.248 e. The molecule has 3 rings (SSSR count). The number of carbonyl (C=O) groups excluding carboxylic acids is 2. The Morgan fingerprint density at radius 2 is 2.04 bits per heavy atom. The van der Waals surface area contributed by atoms with Gasteiger partial charge >= 0.3 is 0 Å². The van der Waals surface area contributed by atoms with Crippen molar-refractivity contribution in [1.82, 2.24) is 20.4 Å². The molecule has 0 aromatic carbocycles. The molecule has 4 unspecified atom stereocenters. The Morgan fingerprint density at radius 1 is 1.28 bits per heavy atom. The fourth-order valence-corrected chi connectivity index (χ4v) is 5.55. The van der Waals surface area contributed by atoms with E-state index in [1.54, 1.807) is 0 Å². The predicted molar refractivity (Wildman–Crippen MR) is 98.0 cm³/mol. The standard InChI is InChI=1S/C18H28N4O2S/c1-10-11(2)22(12(3)16-8-14-5-6-15(16)7-14)18(19-10)25-9-17(24)21-20-13(4)23/h12,14-16H,5-9H2,1-4H3,(H,20,23)(H,21,24). The normalized spacial score (nSPS) is 25.8. The molecule has 0 saturated heterocycles. The zero-order valence-corrected chi connectivity index (χ0v) is 16.3. The maximum Gasteiger partial charge on any atom is 0.248 e. The van der Waals surface area contributed by atoms with Crippen molar-refractivity contribution in [1.29, 1.82) is 0 Å². The van der Waals surface area contributed by atoms with Crippen molar-refractivity contribution in [3.63, 3.8) is 0 Å². The number of fused-ring (bicyclic) bond motifs is 2. The first kappa shape index (κ1) is 18.3. The zero-order chi connectivity index (χ0) is 18.1. The highest BCUT2D eigenvalue weighted by atomic mass is 32.2. The summed E-state index contributed by atoms with van der Waals surface area (Å²) >= 11 is 1.44. The maximum atomic E-state index is 11.9. The van der Waals surface area contributed by atoms with E-state index in [0.29, 0.717) is 6.04 Å². The summed E-state index contributed by atoms with van der Waals surface area (Å²) in [6.45, 7) is 7.82. The summed E-state index contributed by atoms with van der Waals surface area (Å²) in [7, 11) is 0. The van der Waals surface area contributed by atoms with Crippen LogP contribution in [0.25, 0.3) is 0 Å². The van der Waals surface area contributed by atoms with E-state index in [1.165, 1.54) is 50.1 Å². The summed E-state index contributed by atoms with van der Waals surface area (Å²) in [6, 6.07) is 0.414. The lowest BCUT2D eigenvalue weighted by Gasteiger charge is -2.30. The minimum absolute atomic E-state index is 0.224. The molecule has 25 heavy (non-hydrogen) atoms. The van der Waals surface area contributed by atoms with Crippen LogP contribution < -0.4 is 10.9 Å². The van der Waals surface area contributed by atoms with Crippen LogP contribution in [0.5, 0.6) is 0 Å². The minimum atomic E-state index is -0.281. The van der Waals surface area contributed by atoms with Gasteiger partial charge in [0.05, 0.1) is 11.4 Å². The predicted octanol–water partition coefficient (Wildman–Crippen LogP) is 2.76. The third kappa shape index (κ3) is 3.86. The fraction of sp³-hybridized carbons (Fsp3) is 0.722. The van der Waals surface area contributed by atoms with Gasteiger partial charge in [0, 0.05) is 18.7 Å². The molecule has 1 aromatic heterocycles. The summed E-state index contributed by atoms with van der Waals surface area (Å²) in [4.78, 5) is 27.4. The number of nitrogens with zero attached hydrogens (tertiary/aromatic N) is 2. The van der Waals surface area contributed by atoms with Gasteiger partial charge in [-0.05, 0) is 57.8 Å². The zero-order valence-electron chi connectivity index (χ0n) is 15.5. The van der Waals surface area contributed by atoms with Crippen molar-refractivity contribution in [2.75, 3.05) is 5.75 Å². The number of hydrogen-bond donors (Lipinski definition) is 2. The van der Waals surface area contributed by atoms with Gasteiger partial charge in [-0.2, -0.15) is 0 Å². The topological polar surface area (TPSA) is 76.0 Å². The van der Waals surface area contributed by atoms with E-state index in [1.807, 2.05) is 6.92 Å². The molecular weight excluding hydrogens is 336 g/mol. The van der Waals surface area contributed by atoms with Gasteiger partial charge in [0.15, 0.2) is 5.16 Å². The molecule has 2 saturated carbocycles. The van der Waals surface area contributed by atoms with E-state index in [-0.39, 0.29) is 17.6 Å². The second-order valence-corrected chi connectivity index (χ2v) is 8.48. The number of aromatic nitrogens is 2. The number of rotatable bonds is 5. The van der Waals surface area contributed by atoms with Crippen LogP contribution in [-0.4, -0.2) is 27.1 Å². The van der Waals surface area contributed by atoms with Crippen molar-refractivity contribution in [3.05, 3.63) is 11.4 Å². The van der Waals surface area contributed by atoms with Crippen LogP contribution in [0.1, 0.15) is 57.0 Å². The number of aryl methyl sites for hydroxylation is 1. The molecule has 0 aliphatic heterocycles. The molecule has 6 nitrogen and oxygen atoms in total. The molecule has 2 amide bonds. The van der Waals surface area contributed by atoms with Crippen LogP contribution in [0.4, 0.5) is 0 Å². The Bertz CT molecular complexity index is 672. The third-order valence-electron chi connectivity index (χ3n) is 5.88. The third-order valence-corrected chi connectivity index (χ3v) is 6.84. The van der Waals surface area contributed by atoms with E-state index in [9.17, 15) is 9.59 Å². The molecule has 4 atom stereocenters. The van der Waals surface area contributed by atoms with Crippen molar-refractivity contribution in [2.45, 2.75) is 64.6 Å². The van der Waals surface area contributed by atoms with Crippen LogP contribution in [0.2, 0.25) is 0 Å². The van der Waals surface area contributed by atoms with Gasteiger partial charge in [0.2, 0.25) is 11.8 Å². The molecule has 7 heteroatoms. The van der Waals surface area contributed by atoms with E-state index in [4.69, 9.17) is 4.98 Å². The van der Waals surface area contributed by atoms with Gasteiger partial charge in [-0.15, -0.1) is 0 Å². The van der Waals surface area contributed by atoms with Gasteiger partial charge in [-0.1, -0.05) is 18.2 Å². The van der Waals surface area contributed by atoms with Crippen molar-refractivity contribution in [3.8, 4) is 0 Å². The average Bonchev–Trinajstić information content (AvgIpc) is 3.26. The van der Waals surface area contributed by atoms with Crippen molar-refractivity contribution in [2.24, 2.45) is 17.8 Å². The highest BCUT2D eigenvalue weighted by Gasteiger charge is 2.43. The van der Waals surface area contributed by atoms with Gasteiger partial charge in [-0.25, -0.2) is 4.98 Å². The van der Waals surface area contributed by atoms with E-state index in [2.05, 4.69) is 29.3 Å². The maximum absolute atomic E-state index is 11.9. The van der Waals surface area contributed by atoms with Crippen LogP contribution in [0.15, 0.2) is 5.16 Å². The second-order valence-electron chi connectivity index (χ2n) is 7.53. The molecule has 0 radical (unpaired) electrons. The molecule has 2 aliphatic carbocycles. The molecule has 2 fully saturated rings. The molecule has 2 aliphatic rings. The molecule has 1 heterocycles. The van der Waals surface area contributed by atoms with Crippen molar-refractivity contribution < 1.29 is 9.59 Å². The highest BCUT2D eigenvalue weighted by Crippen LogP contribution is 2.52. The number of carbonyl (C=O) groups is 2. The highest BCUT2D eigenvalue weighted by molar-refractivity contribution is 7.99. The average molecular weight is 365 g/mol. The number of hydrogen-bond acceptors (Lipinski definition) is 4. The fourth-order valence-electron chi connectivity index (χ4n) is 4.58. The monoisotopic (exact) mass is 364 g/mol. The second kappa shape index (κ2) is 7.40. The van der Waals surface area contributed by atoms with Crippen LogP contribution in [0.3, 0.4) is 0 Å². The lowest BCUT2D eigenvalue weighted by Crippen LogP contribution is -2.41. The summed E-state index contributed by atoms with van der Waals surface area (Å²) in [5.74, 6) is 2.22. The van der Waals surface area contributed by atoms with E-state index in [0.717, 1.165) is 28.6 Å². The number of hydrazine groups is 1. The first-order valence-electron chi connectivity index (χ1n) is 9.10. The lowest BCUT2D eigenvalue weighted by atomic mass is 9.84. The first-order chi connectivity index (χ1) is 11.9. The largest absolute Gasteiger partial charge is 0.320 e. The summed E-state index contributed by atoms with van der Waals surface area (Å²) in [5, 5.41) is 0.906. The molecule has 138 valence electrons. The summed E-state index contributed by atoms with van der Waals surface area (Å²) in [5.41, 5.74) is 6.94. The quantitative estimate of drug-likeness (QED) is 0.622. The van der Waals surface area contributed by atoms with Crippen LogP contribution in [0, 0.1) is 31.6 Å². The van der Waals surface area contributed by atoms with Gasteiger partial charge < -0.3 is 4.57 Å². The molecule has 2 N–H and O–H groups in total. The molecule has 1 aromatic rings. The Kier molecular flexibility index (Phi) is 5.41. The molecule has 2 bridgehead atoms. The van der Waals surface area contributed by atoms with Crippen LogP contribution >= 0.6 is 11.8 Å². The Morgan fingerprint density at radius 3 is 2.64 bits per heavy atom. The van der Waals surface area contributed by atoms with E-state index < -0.39 is 0 Å². The lowest BCUT2D eigenvalue weighted by molar-refractivity contribution is -0.126. The first-order valence-corrected chi connectivity index (χ1v) is 10.1. The SMILES string of the molecule is CC(=O)NNC(=O)CSc1nc(C)c(C)n1C(C)C1CC2CCC1C2. The van der Waals surface area contributed by atoms with Gasteiger partial charge in [0.1, 0.15) is 0 Å². The Hall–Kier alpha value is -1.50. The minimum Gasteiger partial charge on any atom is -0.320 e. The van der Waals surface area contributed by atoms with Crippen LogP contribution in [-0.2, 0) is 9.59 Å². The van der Waals surface area contributed by atoms with Gasteiger partial charge in [0.25, 0.3) is 0 Å². The Balaban J connectivity index is 1.69. The number of thioether (sulfide) groups is 1. The molecule has 0 spiro atoms. The van der Waals surface area contributed by atoms with Crippen molar-refractivity contribution >= 4 is 23.6 Å². The number of amides is 2. The van der Waals surface area contributed by atoms with E-state index >= 15 is 0 Å². The number of imidazole rings is 1. The summed E-state index contributed by atoms with van der Waals surface area (Å²) in [6.07, 6.45) is 5.49. The molecular formula is C18H28N4O2S. The van der Waals surface area contributed by atoms with Gasteiger partial charge in [-0.3, -0.25) is 20.4 Å². The Labute approximate surface area is 153 Å².